The van der Waals surface area contributed by atoms with E-state index in [0.29, 0.717) is 11.5 Å². The van der Waals surface area contributed by atoms with E-state index in [4.69, 9.17) is 9.47 Å². The van der Waals surface area contributed by atoms with Crippen molar-refractivity contribution in [2.24, 2.45) is 15.3 Å². The van der Waals surface area contributed by atoms with Gasteiger partial charge in [0, 0.05) is 5.56 Å². The fourth-order valence-corrected chi connectivity index (χ4v) is 2.38. The van der Waals surface area contributed by atoms with Crippen LogP contribution in [0.1, 0.15) is 11.1 Å². The molecule has 0 radical (unpaired) electrons. The number of rotatable bonds is 6. The highest BCUT2D eigenvalue weighted by Gasteiger charge is 2.04. The average molecular weight is 374 g/mol. The van der Waals surface area contributed by atoms with E-state index >= 15 is 0 Å². The van der Waals surface area contributed by atoms with Crippen molar-refractivity contribution >= 4 is 17.2 Å². The molecule has 3 aromatic rings. The van der Waals surface area contributed by atoms with E-state index in [1.807, 2.05) is 79.7 Å². The van der Waals surface area contributed by atoms with Gasteiger partial charge in [-0.2, -0.15) is 5.10 Å². The van der Waals surface area contributed by atoms with Crippen molar-refractivity contribution in [3.05, 3.63) is 83.9 Å². The molecule has 0 spiro atoms. The van der Waals surface area contributed by atoms with Crippen LogP contribution in [0.5, 0.6) is 11.5 Å². The number of hydrazone groups is 1. The molecule has 0 amide bonds. The zero-order valence-corrected chi connectivity index (χ0v) is 16.1. The number of anilines is 1. The molecule has 1 N–H and O–H groups in total. The van der Waals surface area contributed by atoms with Gasteiger partial charge in [-0.3, -0.25) is 5.43 Å². The third kappa shape index (κ3) is 5.17. The molecule has 0 fully saturated rings. The Morgan fingerprint density at radius 3 is 1.89 bits per heavy atom. The molecule has 0 aliphatic carbocycles. The van der Waals surface area contributed by atoms with Gasteiger partial charge >= 0.3 is 0 Å². The lowest BCUT2D eigenvalue weighted by Crippen LogP contribution is -2.01. The maximum atomic E-state index is 5.17. The molecule has 142 valence electrons. The summed E-state index contributed by atoms with van der Waals surface area (Å²) in [4.78, 5) is 0. The second kappa shape index (κ2) is 9.32. The van der Waals surface area contributed by atoms with E-state index in [9.17, 15) is 0 Å². The zero-order chi connectivity index (χ0) is 19.8. The van der Waals surface area contributed by atoms with Gasteiger partial charge in [-0.25, -0.2) is 0 Å². The average Bonchev–Trinajstić information content (AvgIpc) is 2.75. The van der Waals surface area contributed by atoms with Crippen molar-refractivity contribution in [2.45, 2.75) is 6.92 Å². The molecule has 28 heavy (non-hydrogen) atoms. The fraction of sp³-hybridized carbons (Fsp3) is 0.136. The predicted molar refractivity (Wildman–Crippen MR) is 112 cm³/mol. The molecule has 0 saturated heterocycles. The number of hydrogen-bond acceptors (Lipinski definition) is 5. The smallest absolute Gasteiger partial charge is 0.201 e. The molecule has 0 saturated carbocycles. The van der Waals surface area contributed by atoms with Crippen LogP contribution in [0.2, 0.25) is 0 Å². The van der Waals surface area contributed by atoms with Gasteiger partial charge in [0.1, 0.15) is 11.5 Å². The first-order valence-corrected chi connectivity index (χ1v) is 8.78. The molecule has 0 unspecified atom stereocenters. The second-order valence-electron chi connectivity index (χ2n) is 6.04. The van der Waals surface area contributed by atoms with Gasteiger partial charge < -0.3 is 9.47 Å². The first-order chi connectivity index (χ1) is 13.7. The van der Waals surface area contributed by atoms with E-state index < -0.39 is 0 Å². The summed E-state index contributed by atoms with van der Waals surface area (Å²) in [5.41, 5.74) is 6.59. The van der Waals surface area contributed by atoms with Gasteiger partial charge in [-0.15, -0.1) is 10.2 Å². The maximum absolute atomic E-state index is 5.17. The third-order valence-corrected chi connectivity index (χ3v) is 4.02. The lowest BCUT2D eigenvalue weighted by molar-refractivity contribution is 0.415. The number of azo groups is 1. The molecule has 6 heteroatoms. The lowest BCUT2D eigenvalue weighted by atomic mass is 10.1. The minimum atomic E-state index is 0.478. The summed E-state index contributed by atoms with van der Waals surface area (Å²) in [6.45, 7) is 2.04. The summed E-state index contributed by atoms with van der Waals surface area (Å²) in [6, 6.07) is 22.8. The van der Waals surface area contributed by atoms with Crippen LogP contribution in [-0.2, 0) is 0 Å². The van der Waals surface area contributed by atoms with Gasteiger partial charge in [-0.1, -0.05) is 29.8 Å². The summed E-state index contributed by atoms with van der Waals surface area (Å²) in [6.07, 6.45) is 0. The zero-order valence-electron chi connectivity index (χ0n) is 16.1. The number of methoxy groups -OCH3 is 2. The van der Waals surface area contributed by atoms with Crippen molar-refractivity contribution in [3.63, 3.8) is 0 Å². The van der Waals surface area contributed by atoms with Gasteiger partial charge in [0.05, 0.1) is 25.6 Å². The van der Waals surface area contributed by atoms with Crippen LogP contribution in [-0.4, -0.2) is 20.1 Å². The number of nitrogens with zero attached hydrogens (tertiary/aromatic N) is 3. The largest absolute Gasteiger partial charge is 0.497 e. The van der Waals surface area contributed by atoms with Crippen molar-refractivity contribution in [1.82, 2.24) is 0 Å². The molecule has 3 aromatic carbocycles. The van der Waals surface area contributed by atoms with Crippen LogP contribution in [0.15, 0.2) is 88.1 Å². The fourth-order valence-electron chi connectivity index (χ4n) is 2.38. The summed E-state index contributed by atoms with van der Waals surface area (Å²) in [5, 5.41) is 13.1. The van der Waals surface area contributed by atoms with Crippen LogP contribution in [0.3, 0.4) is 0 Å². The molecule has 0 heterocycles. The van der Waals surface area contributed by atoms with Crippen LogP contribution >= 0.6 is 0 Å². The first-order valence-electron chi connectivity index (χ1n) is 8.78. The molecule has 0 aliphatic rings. The number of ether oxygens (including phenoxy) is 2. The predicted octanol–water partition coefficient (Wildman–Crippen LogP) is 5.57. The van der Waals surface area contributed by atoms with Crippen molar-refractivity contribution < 1.29 is 9.47 Å². The standard InChI is InChI=1S/C22H22N4O2/c1-16-4-6-17(7-5-16)22(25-23-18-8-12-20(27-2)13-9-18)26-24-19-10-14-21(28-3)15-11-19/h4-15,23H,1-3H3/b25-22+,26-24?. The quantitative estimate of drug-likeness (QED) is 0.265. The van der Waals surface area contributed by atoms with Gasteiger partial charge in [0.15, 0.2) is 0 Å². The highest BCUT2D eigenvalue weighted by Crippen LogP contribution is 2.19. The lowest BCUT2D eigenvalue weighted by Gasteiger charge is -2.05. The second-order valence-corrected chi connectivity index (χ2v) is 6.04. The Hall–Kier alpha value is -3.67. The molecule has 0 atom stereocenters. The maximum Gasteiger partial charge on any atom is 0.201 e. The number of aryl methyl sites for hydroxylation is 1. The minimum absolute atomic E-state index is 0.478. The molecule has 6 nitrogen and oxygen atoms in total. The van der Waals surface area contributed by atoms with Crippen molar-refractivity contribution in [2.75, 3.05) is 19.6 Å². The van der Waals surface area contributed by atoms with Crippen molar-refractivity contribution in [3.8, 4) is 11.5 Å². The van der Waals surface area contributed by atoms with E-state index in [0.717, 1.165) is 22.7 Å². The van der Waals surface area contributed by atoms with E-state index in [1.54, 1.807) is 14.2 Å². The van der Waals surface area contributed by atoms with E-state index in [2.05, 4.69) is 20.8 Å². The van der Waals surface area contributed by atoms with Crippen molar-refractivity contribution in [1.29, 1.82) is 0 Å². The molecular formula is C22H22N4O2. The number of nitrogens with one attached hydrogen (secondary N) is 1. The molecule has 3 rings (SSSR count). The van der Waals surface area contributed by atoms with Gasteiger partial charge in [-0.05, 0) is 55.5 Å². The summed E-state index contributed by atoms with van der Waals surface area (Å²) in [7, 11) is 3.26. The highest BCUT2D eigenvalue weighted by atomic mass is 16.5. The molecular weight excluding hydrogens is 352 g/mol. The van der Waals surface area contributed by atoms with Crippen LogP contribution in [0.4, 0.5) is 11.4 Å². The topological polar surface area (TPSA) is 67.6 Å². The third-order valence-electron chi connectivity index (χ3n) is 4.02. The number of benzene rings is 3. The Bertz CT molecular complexity index is 947. The summed E-state index contributed by atoms with van der Waals surface area (Å²) < 4.78 is 10.3. The Labute approximate surface area is 164 Å². The monoisotopic (exact) mass is 374 g/mol. The van der Waals surface area contributed by atoms with E-state index in [1.165, 1.54) is 5.56 Å². The minimum Gasteiger partial charge on any atom is -0.497 e. The van der Waals surface area contributed by atoms with Gasteiger partial charge in [0.25, 0.3) is 0 Å². The number of amidine groups is 1. The van der Waals surface area contributed by atoms with Gasteiger partial charge in [0.2, 0.25) is 5.84 Å². The summed E-state index contributed by atoms with van der Waals surface area (Å²) in [5.74, 6) is 2.03. The Balaban J connectivity index is 1.84. The first kappa shape index (κ1) is 19.1. The Kier molecular flexibility index (Phi) is 6.36. The van der Waals surface area contributed by atoms with Crippen LogP contribution in [0.25, 0.3) is 0 Å². The summed E-state index contributed by atoms with van der Waals surface area (Å²) >= 11 is 0. The molecule has 0 aromatic heterocycles. The molecule has 0 bridgehead atoms. The molecule has 0 aliphatic heterocycles. The number of hydrogen-bond donors (Lipinski definition) is 1. The Morgan fingerprint density at radius 2 is 1.32 bits per heavy atom. The normalized spacial score (nSPS) is 11.5. The Morgan fingerprint density at radius 1 is 0.750 bits per heavy atom. The SMILES string of the molecule is COc1ccc(N=N/C(=N/Nc2ccc(OC)cc2)c2ccc(C)cc2)cc1. The highest BCUT2D eigenvalue weighted by molar-refractivity contribution is 5.99. The van der Waals surface area contributed by atoms with E-state index in [-0.39, 0.29) is 0 Å². The van der Waals surface area contributed by atoms with Crippen LogP contribution < -0.4 is 14.9 Å². The van der Waals surface area contributed by atoms with Crippen LogP contribution in [0, 0.1) is 6.92 Å².